The van der Waals surface area contributed by atoms with Crippen molar-refractivity contribution in [3.05, 3.63) is 29.5 Å². The number of aromatic nitrogens is 5. The van der Waals surface area contributed by atoms with Gasteiger partial charge in [0, 0.05) is 19.5 Å². The van der Waals surface area contributed by atoms with Crippen LogP contribution >= 0.6 is 11.3 Å². The Morgan fingerprint density at radius 1 is 1.32 bits per heavy atom. The van der Waals surface area contributed by atoms with Crippen LogP contribution in [-0.4, -0.2) is 70.2 Å². The normalized spacial score (nSPS) is 14.7. The Kier molecular flexibility index (Phi) is 6.01. The molecular weight excluding hydrogens is 530 g/mol. The van der Waals surface area contributed by atoms with Gasteiger partial charge in [-0.1, -0.05) is 17.4 Å². The van der Waals surface area contributed by atoms with E-state index in [4.69, 9.17) is 4.74 Å². The van der Waals surface area contributed by atoms with Gasteiger partial charge in [-0.2, -0.15) is 9.98 Å². The van der Waals surface area contributed by atoms with E-state index in [0.29, 0.717) is 35.0 Å². The molecule has 1 amide bonds. The fraction of sp³-hybridized carbons (Fsp3) is 0.333. The van der Waals surface area contributed by atoms with Crippen molar-refractivity contribution in [1.82, 2.24) is 34.4 Å². The Labute approximate surface area is 212 Å². The molecule has 16 heteroatoms. The van der Waals surface area contributed by atoms with E-state index < -0.39 is 27.0 Å². The van der Waals surface area contributed by atoms with Gasteiger partial charge in [-0.15, -0.1) is 10.2 Å². The number of nitrogens with one attached hydrogen (secondary N) is 1. The molecule has 1 aliphatic carbocycles. The molecule has 1 fully saturated rings. The van der Waals surface area contributed by atoms with Crippen molar-refractivity contribution in [3.63, 3.8) is 0 Å². The highest BCUT2D eigenvalue weighted by Gasteiger charge is 2.46. The fourth-order valence-electron chi connectivity index (χ4n) is 3.60. The van der Waals surface area contributed by atoms with Gasteiger partial charge >= 0.3 is 0 Å². The number of halogens is 2. The SMILES string of the molecule is CN(C)C(=O)COc1ncnc2c1c1ccc(S(=O)(=O)NC3(C#N)CC3)cc1n2-c1nnc(C(F)F)s1. The summed E-state index contributed by atoms with van der Waals surface area (Å²) in [6.07, 6.45) is -0.890. The summed E-state index contributed by atoms with van der Waals surface area (Å²) in [4.78, 5) is 21.7. The third kappa shape index (κ3) is 4.45. The number of likely N-dealkylation sites (N-methyl/N-ethyl adjacent to an activating group) is 1. The maximum Gasteiger partial charge on any atom is 0.291 e. The monoisotopic (exact) mass is 548 g/mol. The topological polar surface area (TPSA) is 156 Å². The predicted octanol–water partition coefficient (Wildman–Crippen LogP) is 2.16. The summed E-state index contributed by atoms with van der Waals surface area (Å²) in [5, 5.41) is 17.0. The largest absolute Gasteiger partial charge is 0.467 e. The number of rotatable bonds is 8. The molecule has 0 atom stereocenters. The van der Waals surface area contributed by atoms with Gasteiger partial charge in [-0.05, 0) is 25.0 Å². The van der Waals surface area contributed by atoms with Crippen LogP contribution in [0.4, 0.5) is 8.78 Å². The molecule has 5 rings (SSSR count). The van der Waals surface area contributed by atoms with Crippen molar-refractivity contribution in [2.45, 2.75) is 29.7 Å². The highest BCUT2D eigenvalue weighted by atomic mass is 32.2. The number of ether oxygens (including phenoxy) is 1. The highest BCUT2D eigenvalue weighted by Crippen LogP contribution is 2.39. The lowest BCUT2D eigenvalue weighted by Gasteiger charge is -2.11. The van der Waals surface area contributed by atoms with E-state index in [0.717, 1.165) is 0 Å². The lowest BCUT2D eigenvalue weighted by atomic mass is 10.2. The molecule has 1 aliphatic rings. The average molecular weight is 549 g/mol. The van der Waals surface area contributed by atoms with Crippen LogP contribution in [-0.2, 0) is 14.8 Å². The van der Waals surface area contributed by atoms with Gasteiger partial charge in [0.2, 0.25) is 21.0 Å². The summed E-state index contributed by atoms with van der Waals surface area (Å²) >= 11 is 0.614. The van der Waals surface area contributed by atoms with Gasteiger partial charge in [0.15, 0.2) is 17.3 Å². The molecule has 0 aliphatic heterocycles. The van der Waals surface area contributed by atoms with Crippen LogP contribution in [0.2, 0.25) is 0 Å². The number of benzene rings is 1. The molecule has 0 radical (unpaired) electrons. The molecule has 0 saturated heterocycles. The first-order valence-electron chi connectivity index (χ1n) is 10.7. The van der Waals surface area contributed by atoms with Crippen LogP contribution in [0.15, 0.2) is 29.4 Å². The van der Waals surface area contributed by atoms with Crippen molar-refractivity contribution in [1.29, 1.82) is 5.26 Å². The Hall–Kier alpha value is -3.81. The second-order valence-corrected chi connectivity index (χ2v) is 11.2. The number of nitriles is 1. The third-order valence-electron chi connectivity index (χ3n) is 5.73. The minimum atomic E-state index is -4.10. The number of carbonyl (C=O) groups is 1. The van der Waals surface area contributed by atoms with Crippen LogP contribution in [0.3, 0.4) is 0 Å². The van der Waals surface area contributed by atoms with Crippen molar-refractivity contribution < 1.29 is 26.7 Å². The Morgan fingerprint density at radius 3 is 2.70 bits per heavy atom. The van der Waals surface area contributed by atoms with Crippen LogP contribution in [0, 0.1) is 11.3 Å². The van der Waals surface area contributed by atoms with Gasteiger partial charge < -0.3 is 9.64 Å². The molecule has 3 heterocycles. The summed E-state index contributed by atoms with van der Waals surface area (Å²) in [6, 6.07) is 6.14. The first-order chi connectivity index (χ1) is 17.5. The number of carbonyl (C=O) groups excluding carboxylic acids is 1. The standard InChI is InChI=1S/C21H18F2N8O4S2/c1-30(2)14(32)8-35-18-15-12-4-3-11(37(33,34)29-21(9-24)5-6-21)7-13(12)31(17(15)25-10-26-18)20-28-27-19(36-20)16(22)23/h3-4,7,10,16,29H,5-6,8H2,1-2H3. The molecule has 1 saturated carbocycles. The second-order valence-electron chi connectivity index (χ2n) is 8.49. The van der Waals surface area contributed by atoms with E-state index in [1.165, 1.54) is 34.0 Å². The van der Waals surface area contributed by atoms with Crippen LogP contribution in [0.1, 0.15) is 24.3 Å². The van der Waals surface area contributed by atoms with Crippen molar-refractivity contribution >= 4 is 49.2 Å². The zero-order valence-corrected chi connectivity index (χ0v) is 21.0. The number of amides is 1. The minimum Gasteiger partial charge on any atom is -0.467 e. The minimum absolute atomic E-state index is 0.0162. The van der Waals surface area contributed by atoms with Gasteiger partial charge in [0.25, 0.3) is 12.3 Å². The summed E-state index contributed by atoms with van der Waals surface area (Å²) in [6.45, 7) is -0.327. The van der Waals surface area contributed by atoms with E-state index in [-0.39, 0.29) is 39.6 Å². The molecule has 192 valence electrons. The summed E-state index contributed by atoms with van der Waals surface area (Å²) in [7, 11) is -0.967. The first kappa shape index (κ1) is 24.9. The number of alkyl halides is 2. The third-order valence-corrected chi connectivity index (χ3v) is 8.18. The zero-order chi connectivity index (χ0) is 26.5. The average Bonchev–Trinajstić information content (AvgIpc) is 3.30. The van der Waals surface area contributed by atoms with E-state index in [2.05, 4.69) is 24.9 Å². The molecule has 0 spiro atoms. The number of sulfonamides is 1. The molecule has 37 heavy (non-hydrogen) atoms. The molecule has 0 unspecified atom stereocenters. The Morgan fingerprint density at radius 2 is 2.08 bits per heavy atom. The van der Waals surface area contributed by atoms with E-state index in [1.54, 1.807) is 14.1 Å². The number of hydrogen-bond donors (Lipinski definition) is 1. The summed E-state index contributed by atoms with van der Waals surface area (Å²) in [5.74, 6) is -0.287. The highest BCUT2D eigenvalue weighted by molar-refractivity contribution is 7.89. The van der Waals surface area contributed by atoms with Crippen molar-refractivity contribution in [2.24, 2.45) is 0 Å². The van der Waals surface area contributed by atoms with E-state index >= 15 is 0 Å². The summed E-state index contributed by atoms with van der Waals surface area (Å²) < 4.78 is 62.1. The van der Waals surface area contributed by atoms with Gasteiger partial charge in [0.05, 0.1) is 21.9 Å². The van der Waals surface area contributed by atoms with Gasteiger partial charge in [0.1, 0.15) is 11.9 Å². The van der Waals surface area contributed by atoms with Crippen LogP contribution < -0.4 is 9.46 Å². The lowest BCUT2D eigenvalue weighted by molar-refractivity contribution is -0.130. The van der Waals surface area contributed by atoms with E-state index in [9.17, 15) is 27.3 Å². The van der Waals surface area contributed by atoms with Gasteiger partial charge in [-0.25, -0.2) is 27.2 Å². The number of hydrogen-bond acceptors (Lipinski definition) is 10. The number of nitrogens with zero attached hydrogens (tertiary/aromatic N) is 7. The molecule has 4 aromatic rings. The molecule has 1 aromatic carbocycles. The lowest BCUT2D eigenvalue weighted by Crippen LogP contribution is -2.35. The molecular formula is C21H18F2N8O4S2. The zero-order valence-electron chi connectivity index (χ0n) is 19.3. The molecule has 3 aromatic heterocycles. The quantitative estimate of drug-likeness (QED) is 0.349. The van der Waals surface area contributed by atoms with Crippen molar-refractivity contribution in [2.75, 3.05) is 20.7 Å². The maximum absolute atomic E-state index is 13.3. The predicted molar refractivity (Wildman–Crippen MR) is 127 cm³/mol. The number of fused-ring (bicyclic) bond motifs is 3. The van der Waals surface area contributed by atoms with Gasteiger partial charge in [-0.3, -0.25) is 9.36 Å². The van der Waals surface area contributed by atoms with Crippen molar-refractivity contribution in [3.8, 4) is 17.1 Å². The first-order valence-corrected chi connectivity index (χ1v) is 13.0. The molecule has 0 bridgehead atoms. The fourth-order valence-corrected chi connectivity index (χ4v) is 5.71. The Bertz CT molecular complexity index is 1690. The smallest absolute Gasteiger partial charge is 0.291 e. The summed E-state index contributed by atoms with van der Waals surface area (Å²) in [5.41, 5.74) is -0.703. The molecule has 1 N–H and O–H groups in total. The van der Waals surface area contributed by atoms with E-state index in [1.807, 2.05) is 6.07 Å². The maximum atomic E-state index is 13.3. The van der Waals surface area contributed by atoms with Crippen LogP contribution in [0.5, 0.6) is 5.88 Å². The molecule has 12 nitrogen and oxygen atoms in total. The van der Waals surface area contributed by atoms with Crippen LogP contribution in [0.25, 0.3) is 27.1 Å². The Balaban J connectivity index is 1.71. The second kappa shape index (κ2) is 8.94.